The van der Waals surface area contributed by atoms with E-state index in [4.69, 9.17) is 4.74 Å². The summed E-state index contributed by atoms with van der Waals surface area (Å²) in [5.74, 6) is -0.601. The number of allylic oxidation sites excluding steroid dienone is 1. The molecule has 2 heterocycles. The summed E-state index contributed by atoms with van der Waals surface area (Å²) in [5, 5.41) is 21.0. The van der Waals surface area contributed by atoms with E-state index in [1.807, 2.05) is 0 Å². The van der Waals surface area contributed by atoms with Crippen molar-refractivity contribution in [3.63, 3.8) is 0 Å². The van der Waals surface area contributed by atoms with E-state index in [-0.39, 0.29) is 30.2 Å². The molecule has 1 aliphatic carbocycles. The highest BCUT2D eigenvalue weighted by molar-refractivity contribution is 6.26. The number of carbonyl (C=O) groups excluding carboxylic acids is 1. The van der Waals surface area contributed by atoms with Crippen molar-refractivity contribution in [3.8, 4) is 0 Å². The molecular formula is C21H26O4. The molecule has 1 aromatic rings. The van der Waals surface area contributed by atoms with Crippen molar-refractivity contribution in [1.29, 1.82) is 0 Å². The molecule has 2 fully saturated rings. The van der Waals surface area contributed by atoms with Gasteiger partial charge >= 0.3 is 0 Å². The second-order valence-corrected chi connectivity index (χ2v) is 7.71. The van der Waals surface area contributed by atoms with Crippen LogP contribution in [0.1, 0.15) is 48.9 Å². The molecule has 0 spiro atoms. The van der Waals surface area contributed by atoms with Crippen LogP contribution in [-0.4, -0.2) is 34.3 Å². The molecule has 2 saturated heterocycles. The molecule has 3 aliphatic rings. The molecule has 4 rings (SSSR count). The third kappa shape index (κ3) is 2.10. The summed E-state index contributed by atoms with van der Waals surface area (Å²) in [4.78, 5) is 13.3. The van der Waals surface area contributed by atoms with E-state index in [1.54, 1.807) is 0 Å². The molecule has 0 aromatic heterocycles. The SMILES string of the molecule is CCc1cc(C)cc(CC)c1C1=C(O)[C@H]2[C@@H](C1=O)[C@@H]1CC[C@@]2(CO)O1. The van der Waals surface area contributed by atoms with Gasteiger partial charge in [-0.3, -0.25) is 4.79 Å². The Labute approximate surface area is 148 Å². The van der Waals surface area contributed by atoms with Gasteiger partial charge in [-0.2, -0.15) is 0 Å². The first kappa shape index (κ1) is 16.8. The number of hydrogen-bond donors (Lipinski definition) is 2. The number of ketones is 1. The summed E-state index contributed by atoms with van der Waals surface area (Å²) >= 11 is 0. The maximum atomic E-state index is 13.3. The van der Waals surface area contributed by atoms with Crippen molar-refractivity contribution in [1.82, 2.24) is 0 Å². The van der Waals surface area contributed by atoms with Gasteiger partial charge in [0.15, 0.2) is 5.78 Å². The minimum atomic E-state index is -0.778. The molecule has 0 saturated carbocycles. The Morgan fingerprint density at radius 1 is 1.24 bits per heavy atom. The molecule has 0 radical (unpaired) electrons. The second-order valence-electron chi connectivity index (χ2n) is 7.71. The Bertz CT molecular complexity index is 753. The number of benzene rings is 1. The second kappa shape index (κ2) is 5.68. The number of rotatable bonds is 4. The first-order chi connectivity index (χ1) is 12.0. The lowest BCUT2D eigenvalue weighted by Crippen LogP contribution is -2.41. The predicted molar refractivity (Wildman–Crippen MR) is 95.4 cm³/mol. The van der Waals surface area contributed by atoms with E-state index in [0.717, 1.165) is 36.0 Å². The number of carbonyl (C=O) groups is 1. The Kier molecular flexibility index (Phi) is 3.82. The number of fused-ring (bicyclic) bond motifs is 5. The van der Waals surface area contributed by atoms with Gasteiger partial charge in [0, 0.05) is 0 Å². The minimum absolute atomic E-state index is 0.00391. The molecule has 2 bridgehead atoms. The Morgan fingerprint density at radius 3 is 2.44 bits per heavy atom. The number of aliphatic hydroxyl groups excluding tert-OH is 2. The third-order valence-electron chi connectivity index (χ3n) is 6.39. The molecule has 25 heavy (non-hydrogen) atoms. The number of aliphatic hydroxyl groups is 2. The van der Waals surface area contributed by atoms with Gasteiger partial charge in [0.25, 0.3) is 0 Å². The van der Waals surface area contributed by atoms with Crippen molar-refractivity contribution >= 4 is 11.4 Å². The molecule has 134 valence electrons. The van der Waals surface area contributed by atoms with Crippen LogP contribution in [-0.2, 0) is 22.4 Å². The fourth-order valence-electron chi connectivity index (χ4n) is 5.30. The highest BCUT2D eigenvalue weighted by Crippen LogP contribution is 2.59. The number of Topliss-reactive ketones (excluding diaryl/α,β-unsaturated/α-hetero) is 1. The van der Waals surface area contributed by atoms with Crippen LogP contribution in [0, 0.1) is 18.8 Å². The molecule has 2 N–H and O–H groups in total. The van der Waals surface area contributed by atoms with Crippen LogP contribution in [0.25, 0.3) is 5.57 Å². The van der Waals surface area contributed by atoms with Crippen LogP contribution in [0.3, 0.4) is 0 Å². The zero-order valence-corrected chi connectivity index (χ0v) is 15.1. The van der Waals surface area contributed by atoms with E-state index in [1.165, 1.54) is 5.56 Å². The van der Waals surface area contributed by atoms with Gasteiger partial charge in [0.2, 0.25) is 0 Å². The summed E-state index contributed by atoms with van der Waals surface area (Å²) in [6, 6.07) is 4.23. The van der Waals surface area contributed by atoms with Crippen molar-refractivity contribution in [3.05, 3.63) is 40.1 Å². The van der Waals surface area contributed by atoms with Crippen molar-refractivity contribution in [2.24, 2.45) is 11.8 Å². The normalized spacial score (nSPS) is 33.4. The van der Waals surface area contributed by atoms with Crippen LogP contribution in [0.5, 0.6) is 0 Å². The Hall–Kier alpha value is -1.65. The van der Waals surface area contributed by atoms with E-state index < -0.39 is 11.5 Å². The summed E-state index contributed by atoms with van der Waals surface area (Å²) < 4.78 is 5.97. The summed E-state index contributed by atoms with van der Waals surface area (Å²) in [7, 11) is 0. The molecule has 2 aliphatic heterocycles. The average molecular weight is 342 g/mol. The molecule has 0 amide bonds. The van der Waals surface area contributed by atoms with Gasteiger partial charge in [-0.05, 0) is 49.3 Å². The highest BCUT2D eigenvalue weighted by Gasteiger charge is 2.66. The first-order valence-corrected chi connectivity index (χ1v) is 9.36. The van der Waals surface area contributed by atoms with Gasteiger partial charge < -0.3 is 14.9 Å². The highest BCUT2D eigenvalue weighted by atomic mass is 16.5. The standard InChI is InChI=1S/C21H26O4/c1-4-12-8-11(3)9-13(5-2)15(12)17-19(23)16-14-6-7-21(10-22,25-14)18(16)20(17)24/h8-9,14,16,18,22,24H,4-7,10H2,1-3H3/t14-,16-,18+,21-/m0/s1. The fraction of sp³-hybridized carbons (Fsp3) is 0.571. The quantitative estimate of drug-likeness (QED) is 0.882. The van der Waals surface area contributed by atoms with Crippen molar-refractivity contribution < 1.29 is 19.7 Å². The topological polar surface area (TPSA) is 66.8 Å². The van der Waals surface area contributed by atoms with Gasteiger partial charge in [0.1, 0.15) is 11.4 Å². The monoisotopic (exact) mass is 342 g/mol. The molecule has 1 aromatic carbocycles. The largest absolute Gasteiger partial charge is 0.511 e. The summed E-state index contributed by atoms with van der Waals surface area (Å²) in [6.07, 6.45) is 2.94. The van der Waals surface area contributed by atoms with Crippen molar-refractivity contribution in [2.75, 3.05) is 6.61 Å². The van der Waals surface area contributed by atoms with Gasteiger partial charge in [-0.15, -0.1) is 0 Å². The van der Waals surface area contributed by atoms with Crippen LogP contribution >= 0.6 is 0 Å². The zero-order valence-electron chi connectivity index (χ0n) is 15.1. The van der Waals surface area contributed by atoms with E-state index in [0.29, 0.717) is 12.0 Å². The Balaban J connectivity index is 1.91. The molecule has 4 nitrogen and oxygen atoms in total. The third-order valence-corrected chi connectivity index (χ3v) is 6.39. The van der Waals surface area contributed by atoms with Crippen LogP contribution in [0.15, 0.2) is 17.9 Å². The van der Waals surface area contributed by atoms with Gasteiger partial charge in [-0.25, -0.2) is 0 Å². The van der Waals surface area contributed by atoms with Gasteiger partial charge in [0.05, 0.1) is 30.1 Å². The maximum absolute atomic E-state index is 13.3. The molecule has 0 unspecified atom stereocenters. The lowest BCUT2D eigenvalue weighted by molar-refractivity contribution is -0.118. The molecule has 4 heteroatoms. The average Bonchev–Trinajstić information content (AvgIpc) is 3.25. The summed E-state index contributed by atoms with van der Waals surface area (Å²) in [6.45, 7) is 6.08. The maximum Gasteiger partial charge on any atom is 0.173 e. The minimum Gasteiger partial charge on any atom is -0.511 e. The number of hydrogen-bond acceptors (Lipinski definition) is 4. The van der Waals surface area contributed by atoms with E-state index in [9.17, 15) is 15.0 Å². The lowest BCUT2D eigenvalue weighted by Gasteiger charge is -2.30. The molecule has 4 atom stereocenters. The zero-order chi connectivity index (χ0) is 17.9. The smallest absolute Gasteiger partial charge is 0.173 e. The van der Waals surface area contributed by atoms with Crippen LogP contribution < -0.4 is 0 Å². The van der Waals surface area contributed by atoms with Crippen LogP contribution in [0.2, 0.25) is 0 Å². The van der Waals surface area contributed by atoms with Gasteiger partial charge in [-0.1, -0.05) is 31.5 Å². The Morgan fingerprint density at radius 2 is 1.88 bits per heavy atom. The van der Waals surface area contributed by atoms with E-state index in [2.05, 4.69) is 32.9 Å². The van der Waals surface area contributed by atoms with Crippen molar-refractivity contribution in [2.45, 2.75) is 58.2 Å². The fourth-order valence-corrected chi connectivity index (χ4v) is 5.30. The summed E-state index contributed by atoms with van der Waals surface area (Å²) in [5.41, 5.74) is 4.02. The van der Waals surface area contributed by atoms with Crippen LogP contribution in [0.4, 0.5) is 0 Å². The first-order valence-electron chi connectivity index (χ1n) is 9.36. The van der Waals surface area contributed by atoms with E-state index >= 15 is 0 Å². The molecular weight excluding hydrogens is 316 g/mol. The number of ether oxygens (including phenoxy) is 1. The number of aryl methyl sites for hydroxylation is 3. The lowest BCUT2D eigenvalue weighted by atomic mass is 9.73. The predicted octanol–water partition coefficient (Wildman–Crippen LogP) is 3.13.